The van der Waals surface area contributed by atoms with Crippen LogP contribution in [-0.4, -0.2) is 22.6 Å². The topological polar surface area (TPSA) is 56.2 Å². The smallest absolute Gasteiger partial charge is 0.244 e. The molecule has 0 aliphatic carbocycles. The van der Waals surface area contributed by atoms with Crippen molar-refractivity contribution < 1.29 is 9.53 Å². The predicted octanol–water partition coefficient (Wildman–Crippen LogP) is 3.44. The van der Waals surface area contributed by atoms with Crippen LogP contribution in [0, 0.1) is 13.8 Å². The van der Waals surface area contributed by atoms with Crippen LogP contribution >= 0.6 is 0 Å². The van der Waals surface area contributed by atoms with Crippen molar-refractivity contribution >= 4 is 22.6 Å². The zero-order chi connectivity index (χ0) is 17.1. The average Bonchev–Trinajstić information content (AvgIpc) is 2.84. The molecule has 5 heteroatoms. The summed E-state index contributed by atoms with van der Waals surface area (Å²) in [7, 11) is 1.62. The van der Waals surface area contributed by atoms with Gasteiger partial charge in [-0.15, -0.1) is 0 Å². The summed E-state index contributed by atoms with van der Waals surface area (Å²) < 4.78 is 7.11. The van der Waals surface area contributed by atoms with Crippen molar-refractivity contribution in [2.45, 2.75) is 27.0 Å². The maximum absolute atomic E-state index is 12.5. The van der Waals surface area contributed by atoms with Gasteiger partial charge in [0.05, 0.1) is 11.0 Å². The number of aryl methyl sites for hydroxylation is 2. The number of carbonyl (C=O) groups is 1. The number of amides is 1. The number of carbonyl (C=O) groups excluding carboxylic acids is 1. The van der Waals surface area contributed by atoms with E-state index in [0.717, 1.165) is 33.7 Å². The number of hydrogen-bond donors (Lipinski definition) is 1. The van der Waals surface area contributed by atoms with E-state index in [1.807, 2.05) is 54.8 Å². The number of fused-ring (bicyclic) bond motifs is 1. The lowest BCUT2D eigenvalue weighted by molar-refractivity contribution is -0.116. The molecule has 0 spiro atoms. The van der Waals surface area contributed by atoms with Gasteiger partial charge in [-0.25, -0.2) is 4.98 Å². The third kappa shape index (κ3) is 3.46. The number of benzene rings is 2. The van der Waals surface area contributed by atoms with E-state index >= 15 is 0 Å². The van der Waals surface area contributed by atoms with E-state index < -0.39 is 0 Å². The molecule has 0 atom stereocenters. The molecule has 1 amide bonds. The van der Waals surface area contributed by atoms with Crippen LogP contribution in [0.3, 0.4) is 0 Å². The van der Waals surface area contributed by atoms with Crippen LogP contribution in [0.5, 0.6) is 0 Å². The van der Waals surface area contributed by atoms with Crippen LogP contribution in [0.2, 0.25) is 0 Å². The van der Waals surface area contributed by atoms with Crippen LogP contribution in [0.15, 0.2) is 42.5 Å². The van der Waals surface area contributed by atoms with Gasteiger partial charge in [0.1, 0.15) is 19.0 Å². The van der Waals surface area contributed by atoms with E-state index in [0.29, 0.717) is 6.61 Å². The third-order valence-corrected chi connectivity index (χ3v) is 3.81. The van der Waals surface area contributed by atoms with Crippen molar-refractivity contribution in [2.75, 3.05) is 12.4 Å². The van der Waals surface area contributed by atoms with Crippen molar-refractivity contribution in [3.63, 3.8) is 0 Å². The number of ether oxygens (including phenoxy) is 1. The average molecular weight is 323 g/mol. The SMILES string of the molecule is COCc1nc2ccccc2n1CC(=O)Nc1cc(C)cc(C)c1. The second kappa shape index (κ2) is 6.84. The number of imidazole rings is 1. The van der Waals surface area contributed by atoms with E-state index in [1.165, 1.54) is 0 Å². The largest absolute Gasteiger partial charge is 0.377 e. The molecule has 5 nitrogen and oxygen atoms in total. The van der Waals surface area contributed by atoms with E-state index in [-0.39, 0.29) is 12.5 Å². The minimum atomic E-state index is -0.0829. The molecule has 0 saturated carbocycles. The van der Waals surface area contributed by atoms with Gasteiger partial charge in [0.25, 0.3) is 0 Å². The van der Waals surface area contributed by atoms with Gasteiger partial charge in [-0.1, -0.05) is 18.2 Å². The van der Waals surface area contributed by atoms with E-state index in [4.69, 9.17) is 4.74 Å². The molecule has 1 aromatic heterocycles. The van der Waals surface area contributed by atoms with Crippen molar-refractivity contribution in [2.24, 2.45) is 0 Å². The highest BCUT2D eigenvalue weighted by Crippen LogP contribution is 2.18. The molecule has 0 saturated heterocycles. The molecule has 0 aliphatic heterocycles. The van der Waals surface area contributed by atoms with Crippen molar-refractivity contribution in [1.82, 2.24) is 9.55 Å². The first-order valence-electron chi connectivity index (χ1n) is 7.88. The molecular formula is C19H21N3O2. The minimum absolute atomic E-state index is 0.0829. The minimum Gasteiger partial charge on any atom is -0.377 e. The highest BCUT2D eigenvalue weighted by Gasteiger charge is 2.13. The molecule has 0 fully saturated rings. The number of para-hydroxylation sites is 2. The Bertz CT molecular complexity index is 863. The Hall–Kier alpha value is -2.66. The van der Waals surface area contributed by atoms with Gasteiger partial charge < -0.3 is 14.6 Å². The molecule has 0 unspecified atom stereocenters. The molecule has 124 valence electrons. The van der Waals surface area contributed by atoms with E-state index in [2.05, 4.69) is 16.4 Å². The number of rotatable bonds is 5. The zero-order valence-electron chi connectivity index (χ0n) is 14.2. The Labute approximate surface area is 141 Å². The molecule has 0 radical (unpaired) electrons. The van der Waals surface area contributed by atoms with Gasteiger partial charge in [-0.3, -0.25) is 4.79 Å². The highest BCUT2D eigenvalue weighted by molar-refractivity contribution is 5.92. The fourth-order valence-electron chi connectivity index (χ4n) is 2.93. The lowest BCUT2D eigenvalue weighted by Crippen LogP contribution is -2.20. The number of anilines is 1. The number of nitrogens with zero attached hydrogens (tertiary/aromatic N) is 2. The second-order valence-electron chi connectivity index (χ2n) is 5.96. The van der Waals surface area contributed by atoms with Gasteiger partial charge in [0.2, 0.25) is 5.91 Å². The lowest BCUT2D eigenvalue weighted by Gasteiger charge is -2.11. The second-order valence-corrected chi connectivity index (χ2v) is 5.96. The molecule has 3 aromatic rings. The number of nitrogens with one attached hydrogen (secondary N) is 1. The van der Waals surface area contributed by atoms with Crippen LogP contribution < -0.4 is 5.32 Å². The fraction of sp³-hybridized carbons (Fsp3) is 0.263. The zero-order valence-corrected chi connectivity index (χ0v) is 14.2. The van der Waals surface area contributed by atoms with E-state index in [1.54, 1.807) is 7.11 Å². The molecule has 1 heterocycles. The normalized spacial score (nSPS) is 11.0. The highest BCUT2D eigenvalue weighted by atomic mass is 16.5. The predicted molar refractivity (Wildman–Crippen MR) is 95.0 cm³/mol. The first kappa shape index (κ1) is 16.2. The first-order chi connectivity index (χ1) is 11.6. The van der Waals surface area contributed by atoms with Gasteiger partial charge in [0.15, 0.2) is 0 Å². The lowest BCUT2D eigenvalue weighted by atomic mass is 10.1. The Morgan fingerprint density at radius 1 is 1.17 bits per heavy atom. The molecular weight excluding hydrogens is 302 g/mol. The Kier molecular flexibility index (Phi) is 4.62. The van der Waals surface area contributed by atoms with E-state index in [9.17, 15) is 4.79 Å². The van der Waals surface area contributed by atoms with Gasteiger partial charge in [-0.2, -0.15) is 0 Å². The number of aromatic nitrogens is 2. The third-order valence-electron chi connectivity index (χ3n) is 3.81. The van der Waals surface area contributed by atoms with Crippen molar-refractivity contribution in [1.29, 1.82) is 0 Å². The van der Waals surface area contributed by atoms with Crippen LogP contribution in [0.1, 0.15) is 17.0 Å². The summed E-state index contributed by atoms with van der Waals surface area (Å²) in [5, 5.41) is 2.97. The van der Waals surface area contributed by atoms with Crippen molar-refractivity contribution in [3.8, 4) is 0 Å². The molecule has 0 aliphatic rings. The summed E-state index contributed by atoms with van der Waals surface area (Å²) in [4.78, 5) is 17.1. The van der Waals surface area contributed by atoms with Gasteiger partial charge in [-0.05, 0) is 49.2 Å². The summed E-state index contributed by atoms with van der Waals surface area (Å²) in [5.41, 5.74) is 4.86. The summed E-state index contributed by atoms with van der Waals surface area (Å²) in [6.45, 7) is 4.60. The fourth-order valence-corrected chi connectivity index (χ4v) is 2.93. The van der Waals surface area contributed by atoms with Crippen LogP contribution in [0.4, 0.5) is 5.69 Å². The molecule has 0 bridgehead atoms. The standard InChI is InChI=1S/C19H21N3O2/c1-13-8-14(2)10-15(9-13)20-19(23)11-22-17-7-5-4-6-16(17)21-18(22)12-24-3/h4-10H,11-12H2,1-3H3,(H,20,23). The quantitative estimate of drug-likeness (QED) is 0.782. The number of hydrogen-bond acceptors (Lipinski definition) is 3. The van der Waals surface area contributed by atoms with Crippen LogP contribution in [-0.2, 0) is 22.7 Å². The maximum atomic E-state index is 12.5. The van der Waals surface area contributed by atoms with Gasteiger partial charge in [0, 0.05) is 12.8 Å². The first-order valence-corrected chi connectivity index (χ1v) is 7.88. The maximum Gasteiger partial charge on any atom is 0.244 e. The summed E-state index contributed by atoms with van der Waals surface area (Å²) in [6, 6.07) is 13.8. The molecule has 2 aromatic carbocycles. The molecule has 1 N–H and O–H groups in total. The summed E-state index contributed by atoms with van der Waals surface area (Å²) >= 11 is 0. The van der Waals surface area contributed by atoms with Crippen LogP contribution in [0.25, 0.3) is 11.0 Å². The Morgan fingerprint density at radius 3 is 2.58 bits per heavy atom. The monoisotopic (exact) mass is 323 g/mol. The Morgan fingerprint density at radius 2 is 1.88 bits per heavy atom. The number of methoxy groups -OCH3 is 1. The van der Waals surface area contributed by atoms with Gasteiger partial charge >= 0.3 is 0 Å². The Balaban J connectivity index is 1.85. The molecule has 24 heavy (non-hydrogen) atoms. The van der Waals surface area contributed by atoms with Crippen molar-refractivity contribution in [3.05, 3.63) is 59.4 Å². The molecule has 3 rings (SSSR count). The summed E-state index contributed by atoms with van der Waals surface area (Å²) in [6.07, 6.45) is 0. The summed E-state index contributed by atoms with van der Waals surface area (Å²) in [5.74, 6) is 0.662.